The third-order valence-electron chi connectivity index (χ3n) is 4.02. The van der Waals surface area contributed by atoms with Crippen LogP contribution < -0.4 is 11.1 Å². The molecule has 100 valence electrons. The molecule has 18 heavy (non-hydrogen) atoms. The number of nitrogens with one attached hydrogen (secondary N) is 1. The van der Waals surface area contributed by atoms with Crippen LogP contribution in [0.5, 0.6) is 0 Å². The number of aliphatic hydroxyl groups excluding tert-OH is 1. The number of anilines is 2. The van der Waals surface area contributed by atoms with Crippen LogP contribution in [0.3, 0.4) is 0 Å². The molecular weight excluding hydrogens is 224 g/mol. The molecule has 1 aromatic rings. The normalized spacial score (nSPS) is 18.6. The van der Waals surface area contributed by atoms with Gasteiger partial charge in [-0.15, -0.1) is 0 Å². The van der Waals surface area contributed by atoms with Gasteiger partial charge in [-0.2, -0.15) is 0 Å². The van der Waals surface area contributed by atoms with Gasteiger partial charge in [0.1, 0.15) is 0 Å². The molecule has 0 spiro atoms. The Morgan fingerprint density at radius 1 is 1.22 bits per heavy atom. The van der Waals surface area contributed by atoms with Gasteiger partial charge in [-0.05, 0) is 43.5 Å². The zero-order valence-electron chi connectivity index (χ0n) is 11.2. The Kier molecular flexibility index (Phi) is 4.12. The zero-order chi connectivity index (χ0) is 13.0. The fourth-order valence-corrected chi connectivity index (χ4v) is 2.90. The number of rotatable bonds is 4. The van der Waals surface area contributed by atoms with E-state index in [4.69, 9.17) is 5.73 Å². The van der Waals surface area contributed by atoms with Crippen molar-refractivity contribution < 1.29 is 5.11 Å². The van der Waals surface area contributed by atoms with Crippen molar-refractivity contribution in [3.05, 3.63) is 23.8 Å². The van der Waals surface area contributed by atoms with Crippen LogP contribution >= 0.6 is 0 Å². The van der Waals surface area contributed by atoms with Crippen LogP contribution in [0.15, 0.2) is 18.2 Å². The lowest BCUT2D eigenvalue weighted by Gasteiger charge is -2.36. The molecule has 0 unspecified atom stereocenters. The molecule has 1 aromatic carbocycles. The van der Waals surface area contributed by atoms with Crippen LogP contribution in [0.1, 0.15) is 37.7 Å². The molecule has 0 bridgehead atoms. The van der Waals surface area contributed by atoms with Crippen LogP contribution in [0, 0.1) is 12.3 Å². The second-order valence-corrected chi connectivity index (χ2v) is 5.70. The maximum absolute atomic E-state index is 9.66. The Morgan fingerprint density at radius 3 is 2.56 bits per heavy atom. The van der Waals surface area contributed by atoms with Crippen molar-refractivity contribution >= 4 is 11.4 Å². The summed E-state index contributed by atoms with van der Waals surface area (Å²) in [5.41, 5.74) is 8.93. The summed E-state index contributed by atoms with van der Waals surface area (Å²) >= 11 is 0. The quantitative estimate of drug-likeness (QED) is 0.718. The van der Waals surface area contributed by atoms with E-state index in [9.17, 15) is 5.11 Å². The maximum Gasteiger partial charge on any atom is 0.0504 e. The summed E-state index contributed by atoms with van der Waals surface area (Å²) in [4.78, 5) is 0. The van der Waals surface area contributed by atoms with Crippen molar-refractivity contribution in [3.8, 4) is 0 Å². The highest BCUT2D eigenvalue weighted by Gasteiger charge is 2.31. The van der Waals surface area contributed by atoms with Crippen molar-refractivity contribution in [2.24, 2.45) is 5.41 Å². The van der Waals surface area contributed by atoms with Gasteiger partial charge in [-0.25, -0.2) is 0 Å². The minimum Gasteiger partial charge on any atom is -0.399 e. The number of hydrogen-bond donors (Lipinski definition) is 3. The van der Waals surface area contributed by atoms with Crippen LogP contribution in [0.2, 0.25) is 0 Å². The molecule has 2 rings (SSSR count). The van der Waals surface area contributed by atoms with E-state index in [1.54, 1.807) is 0 Å². The topological polar surface area (TPSA) is 58.3 Å². The molecule has 1 aliphatic carbocycles. The summed E-state index contributed by atoms with van der Waals surface area (Å²) < 4.78 is 0. The fourth-order valence-electron chi connectivity index (χ4n) is 2.90. The highest BCUT2D eigenvalue weighted by Crippen LogP contribution is 2.36. The average Bonchev–Trinajstić information content (AvgIpc) is 2.36. The molecule has 4 N–H and O–H groups in total. The van der Waals surface area contributed by atoms with E-state index in [-0.39, 0.29) is 12.0 Å². The number of aliphatic hydroxyl groups is 1. The second-order valence-electron chi connectivity index (χ2n) is 5.70. The van der Waals surface area contributed by atoms with E-state index >= 15 is 0 Å². The Hall–Kier alpha value is -1.22. The fraction of sp³-hybridized carbons (Fsp3) is 0.600. The molecule has 0 aliphatic heterocycles. The van der Waals surface area contributed by atoms with Crippen molar-refractivity contribution in [2.75, 3.05) is 24.2 Å². The summed E-state index contributed by atoms with van der Waals surface area (Å²) in [5.74, 6) is 0. The lowest BCUT2D eigenvalue weighted by atomic mass is 9.74. The number of nitrogen functional groups attached to an aromatic ring is 1. The summed E-state index contributed by atoms with van der Waals surface area (Å²) in [7, 11) is 0. The third-order valence-corrected chi connectivity index (χ3v) is 4.02. The first-order valence-electron chi connectivity index (χ1n) is 6.85. The minimum absolute atomic E-state index is 0.0662. The summed E-state index contributed by atoms with van der Waals surface area (Å²) in [6.45, 7) is 3.16. The van der Waals surface area contributed by atoms with Gasteiger partial charge in [-0.1, -0.05) is 19.3 Å². The third kappa shape index (κ3) is 3.16. The first-order valence-corrected chi connectivity index (χ1v) is 6.85. The van der Waals surface area contributed by atoms with Gasteiger partial charge in [0.25, 0.3) is 0 Å². The van der Waals surface area contributed by atoms with Gasteiger partial charge in [-0.3, -0.25) is 0 Å². The van der Waals surface area contributed by atoms with E-state index in [0.717, 1.165) is 30.8 Å². The molecule has 0 saturated heterocycles. The summed E-state index contributed by atoms with van der Waals surface area (Å²) in [5, 5.41) is 13.1. The smallest absolute Gasteiger partial charge is 0.0504 e. The van der Waals surface area contributed by atoms with Crippen LogP contribution in [0.25, 0.3) is 0 Å². The molecule has 0 aromatic heterocycles. The molecule has 1 aliphatic rings. The Balaban J connectivity index is 2.00. The molecule has 3 nitrogen and oxygen atoms in total. The predicted octanol–water partition coefficient (Wildman–Crippen LogP) is 2.93. The molecule has 0 atom stereocenters. The second kappa shape index (κ2) is 5.61. The first kappa shape index (κ1) is 13.2. The van der Waals surface area contributed by atoms with Crippen molar-refractivity contribution in [1.29, 1.82) is 0 Å². The lowest BCUT2D eigenvalue weighted by molar-refractivity contribution is 0.0944. The van der Waals surface area contributed by atoms with Crippen molar-refractivity contribution in [3.63, 3.8) is 0 Å². The molecular formula is C15H24N2O. The van der Waals surface area contributed by atoms with Crippen LogP contribution in [-0.2, 0) is 0 Å². The van der Waals surface area contributed by atoms with E-state index < -0.39 is 0 Å². The minimum atomic E-state index is 0.0662. The first-order chi connectivity index (χ1) is 8.63. The molecule has 0 heterocycles. The Bertz CT molecular complexity index is 377. The van der Waals surface area contributed by atoms with E-state index in [1.165, 1.54) is 24.8 Å². The van der Waals surface area contributed by atoms with Crippen LogP contribution in [0.4, 0.5) is 11.4 Å². The Labute approximate surface area is 109 Å². The highest BCUT2D eigenvalue weighted by atomic mass is 16.3. The molecule has 3 heteroatoms. The van der Waals surface area contributed by atoms with Gasteiger partial charge in [0.15, 0.2) is 0 Å². The van der Waals surface area contributed by atoms with Gasteiger partial charge in [0, 0.05) is 23.3 Å². The molecule has 0 radical (unpaired) electrons. The highest BCUT2D eigenvalue weighted by molar-refractivity contribution is 5.56. The predicted molar refractivity (Wildman–Crippen MR) is 76.7 cm³/mol. The number of hydrogen-bond acceptors (Lipinski definition) is 3. The average molecular weight is 248 g/mol. The van der Waals surface area contributed by atoms with E-state index in [1.807, 2.05) is 19.1 Å². The Morgan fingerprint density at radius 2 is 1.94 bits per heavy atom. The maximum atomic E-state index is 9.66. The van der Waals surface area contributed by atoms with Crippen LogP contribution in [-0.4, -0.2) is 18.3 Å². The van der Waals surface area contributed by atoms with Crippen molar-refractivity contribution in [2.45, 2.75) is 39.0 Å². The lowest BCUT2D eigenvalue weighted by Crippen LogP contribution is -2.35. The van der Waals surface area contributed by atoms with Gasteiger partial charge in [0.05, 0.1) is 6.61 Å². The summed E-state index contributed by atoms with van der Waals surface area (Å²) in [6, 6.07) is 6.03. The largest absolute Gasteiger partial charge is 0.399 e. The van der Waals surface area contributed by atoms with Gasteiger partial charge < -0.3 is 16.2 Å². The number of aryl methyl sites for hydroxylation is 1. The molecule has 1 fully saturated rings. The molecule has 0 amide bonds. The van der Waals surface area contributed by atoms with Gasteiger partial charge >= 0.3 is 0 Å². The van der Waals surface area contributed by atoms with Crippen molar-refractivity contribution in [1.82, 2.24) is 0 Å². The standard InChI is InChI=1S/C15H24N2O/c1-12-7-13(16)9-14(8-12)17-10-15(11-18)5-3-2-4-6-15/h7-9,17-18H,2-6,10-11,16H2,1H3. The summed E-state index contributed by atoms with van der Waals surface area (Å²) in [6.07, 6.45) is 6.02. The monoisotopic (exact) mass is 248 g/mol. The SMILES string of the molecule is Cc1cc(N)cc(NCC2(CO)CCCCC2)c1. The molecule has 1 saturated carbocycles. The van der Waals surface area contributed by atoms with E-state index in [2.05, 4.69) is 11.4 Å². The number of nitrogens with two attached hydrogens (primary N) is 1. The zero-order valence-corrected chi connectivity index (χ0v) is 11.2. The number of benzene rings is 1. The van der Waals surface area contributed by atoms with Gasteiger partial charge in [0.2, 0.25) is 0 Å². The van der Waals surface area contributed by atoms with E-state index in [0.29, 0.717) is 0 Å².